The van der Waals surface area contributed by atoms with E-state index in [0.29, 0.717) is 18.0 Å². The summed E-state index contributed by atoms with van der Waals surface area (Å²) in [5.74, 6) is 0.723. The molecule has 1 aliphatic heterocycles. The van der Waals surface area contributed by atoms with E-state index in [-0.39, 0.29) is 6.04 Å². The third-order valence-electron chi connectivity index (χ3n) is 4.74. The first-order chi connectivity index (χ1) is 11.6. The van der Waals surface area contributed by atoms with Crippen molar-refractivity contribution in [2.75, 3.05) is 18.4 Å². The lowest BCUT2D eigenvalue weighted by atomic mass is 9.92. The number of hydrogen-bond acceptors (Lipinski definition) is 5. The number of hydrogen-bond donors (Lipinski definition) is 1. The van der Waals surface area contributed by atoms with E-state index in [1.165, 1.54) is 28.2 Å². The molecule has 1 aliphatic carbocycles. The van der Waals surface area contributed by atoms with Gasteiger partial charge < -0.3 is 5.32 Å². The molecular weight excluding hydrogens is 324 g/mol. The van der Waals surface area contributed by atoms with Crippen LogP contribution in [0.3, 0.4) is 0 Å². The highest BCUT2D eigenvalue weighted by Crippen LogP contribution is 2.28. The standard InChI is InChI=1S/C17H20N4O2S/c22-24(23,16-6-5-13-3-1-2-4-14(13)9-16)21-10-15(11-21)20-17-7-8-18-12-19-17/h5-9,12,15H,1-4,10-11H2,(H,18,19,20). The summed E-state index contributed by atoms with van der Waals surface area (Å²) >= 11 is 0. The number of fused-ring (bicyclic) bond motifs is 1. The summed E-state index contributed by atoms with van der Waals surface area (Å²) in [6, 6.07) is 7.48. The lowest BCUT2D eigenvalue weighted by Gasteiger charge is -2.38. The Morgan fingerprint density at radius 2 is 1.88 bits per heavy atom. The molecule has 24 heavy (non-hydrogen) atoms. The number of nitrogens with one attached hydrogen (secondary N) is 1. The van der Waals surface area contributed by atoms with Crippen LogP contribution in [0.15, 0.2) is 41.7 Å². The normalized spacial score (nSPS) is 18.7. The first-order valence-corrected chi connectivity index (χ1v) is 9.71. The Hall–Kier alpha value is -1.99. The van der Waals surface area contributed by atoms with Gasteiger partial charge in [-0.3, -0.25) is 0 Å². The zero-order valence-corrected chi connectivity index (χ0v) is 14.2. The van der Waals surface area contributed by atoms with E-state index >= 15 is 0 Å². The fourth-order valence-corrected chi connectivity index (χ4v) is 4.91. The quantitative estimate of drug-likeness (QED) is 0.916. The van der Waals surface area contributed by atoms with E-state index in [1.807, 2.05) is 12.1 Å². The predicted molar refractivity (Wildman–Crippen MR) is 91.3 cm³/mol. The maximum Gasteiger partial charge on any atom is 0.243 e. The van der Waals surface area contributed by atoms with Gasteiger partial charge in [0.1, 0.15) is 12.1 Å². The summed E-state index contributed by atoms with van der Waals surface area (Å²) in [7, 11) is -3.40. The molecule has 126 valence electrons. The van der Waals surface area contributed by atoms with Crippen molar-refractivity contribution in [3.8, 4) is 0 Å². The predicted octanol–water partition coefficient (Wildman–Crippen LogP) is 1.84. The lowest BCUT2D eigenvalue weighted by molar-refractivity contribution is 0.280. The van der Waals surface area contributed by atoms with E-state index in [2.05, 4.69) is 15.3 Å². The van der Waals surface area contributed by atoms with Crippen molar-refractivity contribution < 1.29 is 8.42 Å². The summed E-state index contributed by atoms with van der Waals surface area (Å²) in [6.07, 6.45) is 7.52. The fraction of sp³-hybridized carbons (Fsp3) is 0.412. The SMILES string of the molecule is O=S(=O)(c1ccc2c(c1)CCCC2)N1CC(Nc2ccncn2)C1. The number of aryl methyl sites for hydroxylation is 2. The van der Waals surface area contributed by atoms with E-state index in [1.54, 1.807) is 18.3 Å². The second kappa shape index (κ2) is 6.14. The van der Waals surface area contributed by atoms with Gasteiger partial charge in [-0.15, -0.1) is 0 Å². The third kappa shape index (κ3) is 2.89. The average Bonchev–Trinajstić information content (AvgIpc) is 2.58. The molecule has 0 radical (unpaired) electrons. The molecule has 1 saturated heterocycles. The van der Waals surface area contributed by atoms with Gasteiger partial charge in [-0.1, -0.05) is 6.07 Å². The van der Waals surface area contributed by atoms with Gasteiger partial charge in [0.2, 0.25) is 10.0 Å². The molecule has 1 aromatic heterocycles. The van der Waals surface area contributed by atoms with Crippen LogP contribution >= 0.6 is 0 Å². The highest BCUT2D eigenvalue weighted by atomic mass is 32.2. The zero-order chi connectivity index (χ0) is 16.6. The minimum absolute atomic E-state index is 0.0901. The topological polar surface area (TPSA) is 75.2 Å². The van der Waals surface area contributed by atoms with Crippen molar-refractivity contribution in [3.05, 3.63) is 47.9 Å². The fourth-order valence-electron chi connectivity index (χ4n) is 3.33. The Morgan fingerprint density at radius 3 is 2.62 bits per heavy atom. The summed E-state index contributed by atoms with van der Waals surface area (Å²) in [4.78, 5) is 8.39. The molecule has 0 bridgehead atoms. The van der Waals surface area contributed by atoms with Gasteiger partial charge in [-0.25, -0.2) is 18.4 Å². The monoisotopic (exact) mass is 344 g/mol. The molecular formula is C17H20N4O2S. The second-order valence-electron chi connectivity index (χ2n) is 6.40. The molecule has 0 unspecified atom stereocenters. The Labute approximate surface area is 142 Å². The van der Waals surface area contributed by atoms with Crippen LogP contribution in [-0.2, 0) is 22.9 Å². The number of aromatic nitrogens is 2. The second-order valence-corrected chi connectivity index (χ2v) is 8.33. The van der Waals surface area contributed by atoms with Crippen LogP contribution in [0.4, 0.5) is 5.82 Å². The van der Waals surface area contributed by atoms with Crippen molar-refractivity contribution >= 4 is 15.8 Å². The highest BCUT2D eigenvalue weighted by molar-refractivity contribution is 7.89. The Bertz CT molecular complexity index is 833. The van der Waals surface area contributed by atoms with Crippen LogP contribution in [0, 0.1) is 0 Å². The Morgan fingerprint density at radius 1 is 1.08 bits per heavy atom. The van der Waals surface area contributed by atoms with E-state index in [0.717, 1.165) is 25.1 Å². The minimum atomic E-state index is -3.40. The Kier molecular flexibility index (Phi) is 3.97. The summed E-state index contributed by atoms with van der Waals surface area (Å²) in [5, 5.41) is 3.22. The highest BCUT2D eigenvalue weighted by Gasteiger charge is 2.37. The van der Waals surface area contributed by atoms with Gasteiger partial charge in [0.15, 0.2) is 0 Å². The maximum absolute atomic E-state index is 12.8. The average molecular weight is 344 g/mol. The van der Waals surface area contributed by atoms with E-state index < -0.39 is 10.0 Å². The smallest absolute Gasteiger partial charge is 0.243 e. The molecule has 4 rings (SSSR count). The molecule has 0 amide bonds. The van der Waals surface area contributed by atoms with Crippen LogP contribution in [0.2, 0.25) is 0 Å². The maximum atomic E-state index is 12.8. The largest absolute Gasteiger partial charge is 0.365 e. The van der Waals surface area contributed by atoms with Crippen LogP contribution in [0.25, 0.3) is 0 Å². The zero-order valence-electron chi connectivity index (χ0n) is 13.4. The van der Waals surface area contributed by atoms with E-state index in [4.69, 9.17) is 0 Å². The first-order valence-electron chi connectivity index (χ1n) is 8.27. The van der Waals surface area contributed by atoms with Crippen LogP contribution < -0.4 is 5.32 Å². The molecule has 1 aromatic carbocycles. The molecule has 0 atom stereocenters. The van der Waals surface area contributed by atoms with Crippen molar-refractivity contribution in [2.45, 2.75) is 36.6 Å². The number of rotatable bonds is 4. The molecule has 1 N–H and O–H groups in total. The van der Waals surface area contributed by atoms with Gasteiger partial charge in [0.25, 0.3) is 0 Å². The minimum Gasteiger partial charge on any atom is -0.365 e. The molecule has 7 heteroatoms. The molecule has 2 heterocycles. The van der Waals surface area contributed by atoms with Crippen LogP contribution in [0.1, 0.15) is 24.0 Å². The third-order valence-corrected chi connectivity index (χ3v) is 6.57. The number of benzene rings is 1. The van der Waals surface area contributed by atoms with Gasteiger partial charge in [0, 0.05) is 19.3 Å². The van der Waals surface area contributed by atoms with Crippen molar-refractivity contribution in [2.24, 2.45) is 0 Å². The summed E-state index contributed by atoms with van der Waals surface area (Å²) in [6.45, 7) is 0.923. The van der Waals surface area contributed by atoms with Gasteiger partial charge >= 0.3 is 0 Å². The van der Waals surface area contributed by atoms with Crippen molar-refractivity contribution in [3.63, 3.8) is 0 Å². The molecule has 2 aliphatic rings. The molecule has 1 fully saturated rings. The Balaban J connectivity index is 1.45. The molecule has 6 nitrogen and oxygen atoms in total. The molecule has 2 aromatic rings. The van der Waals surface area contributed by atoms with Gasteiger partial charge in [-0.2, -0.15) is 4.31 Å². The van der Waals surface area contributed by atoms with Crippen LogP contribution in [0.5, 0.6) is 0 Å². The first kappa shape index (κ1) is 15.5. The van der Waals surface area contributed by atoms with E-state index in [9.17, 15) is 8.42 Å². The molecule has 0 saturated carbocycles. The number of nitrogens with zero attached hydrogens (tertiary/aromatic N) is 3. The van der Waals surface area contributed by atoms with Crippen LogP contribution in [-0.4, -0.2) is 41.8 Å². The lowest BCUT2D eigenvalue weighted by Crippen LogP contribution is -2.56. The summed E-state index contributed by atoms with van der Waals surface area (Å²) in [5.41, 5.74) is 2.49. The number of sulfonamides is 1. The summed E-state index contributed by atoms with van der Waals surface area (Å²) < 4.78 is 27.1. The molecule has 0 spiro atoms. The van der Waals surface area contributed by atoms with Gasteiger partial charge in [0.05, 0.1) is 10.9 Å². The van der Waals surface area contributed by atoms with Crippen molar-refractivity contribution in [1.82, 2.24) is 14.3 Å². The van der Waals surface area contributed by atoms with Gasteiger partial charge in [-0.05, 0) is 55.0 Å². The number of anilines is 1. The van der Waals surface area contributed by atoms with Crippen molar-refractivity contribution in [1.29, 1.82) is 0 Å².